The largest absolute Gasteiger partial charge is 0.352 e. The van der Waals surface area contributed by atoms with E-state index in [1.54, 1.807) is 0 Å². The van der Waals surface area contributed by atoms with Crippen LogP contribution in [0.3, 0.4) is 0 Å². The SMILES string of the molecule is C[C@@H]1CCC[C@@H](NC(=O)[C@H](C)S(=O)(=O)c2ccc(F)cc2)C1. The number of carbonyl (C=O) groups excluding carboxylic acids is 1. The average Bonchev–Trinajstić information content (AvgIpc) is 2.46. The molecule has 0 saturated heterocycles. The minimum absolute atomic E-state index is 0.0337. The molecule has 122 valence electrons. The maximum absolute atomic E-state index is 12.9. The number of benzene rings is 1. The second kappa shape index (κ2) is 6.77. The summed E-state index contributed by atoms with van der Waals surface area (Å²) in [5, 5.41) is 1.66. The van der Waals surface area contributed by atoms with Crippen LogP contribution in [0.15, 0.2) is 29.2 Å². The number of halogens is 1. The topological polar surface area (TPSA) is 63.2 Å². The second-order valence-corrected chi connectivity index (χ2v) is 8.39. The van der Waals surface area contributed by atoms with Crippen LogP contribution in [0.25, 0.3) is 0 Å². The Morgan fingerprint density at radius 1 is 1.27 bits per heavy atom. The number of amides is 1. The predicted octanol–water partition coefficient (Wildman–Crippen LogP) is 2.68. The van der Waals surface area contributed by atoms with Crippen LogP contribution in [0.1, 0.15) is 39.5 Å². The molecule has 0 unspecified atom stereocenters. The monoisotopic (exact) mass is 327 g/mol. The molecule has 2 rings (SSSR count). The molecule has 1 aromatic rings. The molecule has 6 heteroatoms. The number of rotatable bonds is 4. The zero-order valence-electron chi connectivity index (χ0n) is 12.9. The highest BCUT2D eigenvalue weighted by atomic mass is 32.2. The number of sulfone groups is 1. The van der Waals surface area contributed by atoms with Crippen LogP contribution in [0.5, 0.6) is 0 Å². The van der Waals surface area contributed by atoms with Crippen molar-refractivity contribution in [1.29, 1.82) is 0 Å². The summed E-state index contributed by atoms with van der Waals surface area (Å²) in [5.74, 6) is -0.446. The van der Waals surface area contributed by atoms with Crippen molar-refractivity contribution < 1.29 is 17.6 Å². The summed E-state index contributed by atoms with van der Waals surface area (Å²) >= 11 is 0. The maximum atomic E-state index is 12.9. The minimum Gasteiger partial charge on any atom is -0.352 e. The molecular weight excluding hydrogens is 305 g/mol. The second-order valence-electron chi connectivity index (χ2n) is 6.12. The number of nitrogens with one attached hydrogen (secondary N) is 1. The molecule has 0 aliphatic heterocycles. The van der Waals surface area contributed by atoms with Crippen molar-refractivity contribution >= 4 is 15.7 Å². The van der Waals surface area contributed by atoms with Crippen molar-refractivity contribution in [2.24, 2.45) is 5.92 Å². The smallest absolute Gasteiger partial charge is 0.238 e. The molecule has 1 aliphatic rings. The van der Waals surface area contributed by atoms with Crippen LogP contribution in [0.4, 0.5) is 4.39 Å². The fourth-order valence-electron chi connectivity index (χ4n) is 2.85. The molecule has 0 heterocycles. The van der Waals surface area contributed by atoms with E-state index in [9.17, 15) is 17.6 Å². The summed E-state index contributed by atoms with van der Waals surface area (Å²) in [7, 11) is -3.80. The van der Waals surface area contributed by atoms with Crippen molar-refractivity contribution in [2.75, 3.05) is 0 Å². The Bertz CT molecular complexity index is 627. The van der Waals surface area contributed by atoms with Gasteiger partial charge in [-0.15, -0.1) is 0 Å². The molecule has 1 aliphatic carbocycles. The lowest BCUT2D eigenvalue weighted by molar-refractivity contribution is -0.121. The molecule has 0 bridgehead atoms. The van der Waals surface area contributed by atoms with Gasteiger partial charge >= 0.3 is 0 Å². The number of carbonyl (C=O) groups is 1. The fraction of sp³-hybridized carbons (Fsp3) is 0.562. The first-order valence-corrected chi connectivity index (χ1v) is 9.15. The summed E-state index contributed by atoms with van der Waals surface area (Å²) in [6.07, 6.45) is 3.97. The van der Waals surface area contributed by atoms with Gasteiger partial charge in [0.05, 0.1) is 4.90 Å². The van der Waals surface area contributed by atoms with E-state index in [0.717, 1.165) is 37.8 Å². The summed E-state index contributed by atoms with van der Waals surface area (Å²) in [6.45, 7) is 3.51. The molecule has 4 nitrogen and oxygen atoms in total. The Hall–Kier alpha value is -1.43. The van der Waals surface area contributed by atoms with Crippen molar-refractivity contribution in [3.05, 3.63) is 30.1 Å². The predicted molar refractivity (Wildman–Crippen MR) is 82.6 cm³/mol. The van der Waals surface area contributed by atoms with Gasteiger partial charge in [0.25, 0.3) is 0 Å². The van der Waals surface area contributed by atoms with Gasteiger partial charge in [-0.3, -0.25) is 4.79 Å². The van der Waals surface area contributed by atoms with Crippen LogP contribution in [0, 0.1) is 11.7 Å². The molecule has 0 spiro atoms. The van der Waals surface area contributed by atoms with Gasteiger partial charge in [0.1, 0.15) is 11.1 Å². The first-order valence-electron chi connectivity index (χ1n) is 7.60. The zero-order valence-corrected chi connectivity index (χ0v) is 13.7. The molecule has 22 heavy (non-hydrogen) atoms. The molecule has 1 N–H and O–H groups in total. The van der Waals surface area contributed by atoms with Gasteiger partial charge in [0.2, 0.25) is 5.91 Å². The highest BCUT2D eigenvalue weighted by molar-refractivity contribution is 7.92. The van der Waals surface area contributed by atoms with E-state index < -0.39 is 26.8 Å². The highest BCUT2D eigenvalue weighted by Crippen LogP contribution is 2.24. The van der Waals surface area contributed by atoms with E-state index in [0.29, 0.717) is 5.92 Å². The van der Waals surface area contributed by atoms with Crippen molar-refractivity contribution in [1.82, 2.24) is 5.32 Å². The molecule has 0 radical (unpaired) electrons. The number of hydrogen-bond acceptors (Lipinski definition) is 3. The Morgan fingerprint density at radius 3 is 2.50 bits per heavy atom. The lowest BCUT2D eigenvalue weighted by atomic mass is 9.87. The lowest BCUT2D eigenvalue weighted by Gasteiger charge is -2.28. The minimum atomic E-state index is -3.80. The van der Waals surface area contributed by atoms with E-state index in [1.807, 2.05) is 0 Å². The average molecular weight is 327 g/mol. The quantitative estimate of drug-likeness (QED) is 0.865. The van der Waals surface area contributed by atoms with Gasteiger partial charge in [0.15, 0.2) is 9.84 Å². The molecule has 1 fully saturated rings. The van der Waals surface area contributed by atoms with Crippen molar-refractivity contribution in [3.63, 3.8) is 0 Å². The third-order valence-electron chi connectivity index (χ3n) is 4.26. The van der Waals surface area contributed by atoms with Gasteiger partial charge < -0.3 is 5.32 Å². The van der Waals surface area contributed by atoms with Crippen LogP contribution in [0.2, 0.25) is 0 Å². The standard InChI is InChI=1S/C16H22FNO3S/c1-11-4-3-5-14(10-11)18-16(19)12(2)22(20,21)15-8-6-13(17)7-9-15/h6-9,11-12,14H,3-5,10H2,1-2H3,(H,18,19)/t11-,12+,14-/m1/s1. The Morgan fingerprint density at radius 2 is 1.91 bits per heavy atom. The molecule has 3 atom stereocenters. The summed E-state index contributed by atoms with van der Waals surface area (Å²) in [6, 6.07) is 4.59. The summed E-state index contributed by atoms with van der Waals surface area (Å²) < 4.78 is 37.7. The van der Waals surface area contributed by atoms with Gasteiger partial charge in [-0.1, -0.05) is 19.8 Å². The molecule has 0 aromatic heterocycles. The first-order chi connectivity index (χ1) is 10.3. The van der Waals surface area contributed by atoms with Crippen LogP contribution in [-0.4, -0.2) is 25.6 Å². The summed E-state index contributed by atoms with van der Waals surface area (Å²) in [4.78, 5) is 12.2. The van der Waals surface area contributed by atoms with E-state index in [-0.39, 0.29) is 10.9 Å². The normalized spacial score (nSPS) is 23.8. The van der Waals surface area contributed by atoms with Crippen LogP contribution in [-0.2, 0) is 14.6 Å². The molecular formula is C16H22FNO3S. The third-order valence-corrected chi connectivity index (χ3v) is 6.33. The molecule has 1 aromatic carbocycles. The van der Waals surface area contributed by atoms with Gasteiger partial charge in [-0.05, 0) is 49.9 Å². The van der Waals surface area contributed by atoms with Crippen LogP contribution >= 0.6 is 0 Å². The van der Waals surface area contributed by atoms with Crippen LogP contribution < -0.4 is 5.32 Å². The van der Waals surface area contributed by atoms with Crippen molar-refractivity contribution in [3.8, 4) is 0 Å². The Balaban J connectivity index is 2.07. The molecule has 1 saturated carbocycles. The van der Waals surface area contributed by atoms with E-state index in [1.165, 1.54) is 19.1 Å². The lowest BCUT2D eigenvalue weighted by Crippen LogP contribution is -2.44. The Labute approximate surface area is 131 Å². The maximum Gasteiger partial charge on any atom is 0.238 e. The van der Waals surface area contributed by atoms with Gasteiger partial charge in [-0.2, -0.15) is 0 Å². The van der Waals surface area contributed by atoms with Crippen molar-refractivity contribution in [2.45, 2.75) is 55.7 Å². The zero-order chi connectivity index (χ0) is 16.3. The molecule has 1 amide bonds. The highest BCUT2D eigenvalue weighted by Gasteiger charge is 2.31. The first kappa shape index (κ1) is 16.9. The fourth-order valence-corrected chi connectivity index (χ4v) is 4.13. The van der Waals surface area contributed by atoms with E-state index in [4.69, 9.17) is 0 Å². The van der Waals surface area contributed by atoms with Gasteiger partial charge in [0, 0.05) is 6.04 Å². The van der Waals surface area contributed by atoms with E-state index in [2.05, 4.69) is 12.2 Å². The summed E-state index contributed by atoms with van der Waals surface area (Å²) in [5.41, 5.74) is 0. The van der Waals surface area contributed by atoms with E-state index >= 15 is 0 Å². The third kappa shape index (κ3) is 3.85. The number of hydrogen-bond donors (Lipinski definition) is 1. The Kier molecular flexibility index (Phi) is 5.21. The van der Waals surface area contributed by atoms with Gasteiger partial charge in [-0.25, -0.2) is 12.8 Å².